The van der Waals surface area contributed by atoms with E-state index in [1.165, 1.54) is 0 Å². The predicted molar refractivity (Wildman–Crippen MR) is 95.0 cm³/mol. The van der Waals surface area contributed by atoms with Crippen molar-refractivity contribution in [3.8, 4) is 5.75 Å². The van der Waals surface area contributed by atoms with Crippen LogP contribution in [0.5, 0.6) is 5.75 Å². The van der Waals surface area contributed by atoms with Gasteiger partial charge in [-0.25, -0.2) is 9.69 Å². The van der Waals surface area contributed by atoms with E-state index >= 15 is 0 Å². The van der Waals surface area contributed by atoms with Gasteiger partial charge in [-0.3, -0.25) is 4.79 Å². The number of anilines is 1. The molecule has 0 aliphatic carbocycles. The number of para-hydroxylation sites is 2. The number of carbonyl (C=O) groups is 2. The molecule has 5 nitrogen and oxygen atoms in total. The first kappa shape index (κ1) is 17.0. The Balaban J connectivity index is 2.08. The van der Waals surface area contributed by atoms with Gasteiger partial charge < -0.3 is 9.47 Å². The van der Waals surface area contributed by atoms with Crippen molar-refractivity contribution in [2.75, 3.05) is 12.0 Å². The van der Waals surface area contributed by atoms with Crippen molar-refractivity contribution in [1.29, 1.82) is 0 Å². The normalized spacial score (nSPS) is 16.6. The van der Waals surface area contributed by atoms with E-state index in [0.29, 0.717) is 11.4 Å². The lowest BCUT2D eigenvalue weighted by molar-refractivity contribution is -0.118. The molecule has 0 spiro atoms. The zero-order valence-corrected chi connectivity index (χ0v) is 14.8. The number of methoxy groups -OCH3 is 1. The van der Waals surface area contributed by atoms with E-state index in [4.69, 9.17) is 9.47 Å². The lowest BCUT2D eigenvalue weighted by Gasteiger charge is -2.24. The van der Waals surface area contributed by atoms with E-state index in [2.05, 4.69) is 0 Å². The summed E-state index contributed by atoms with van der Waals surface area (Å²) in [6.07, 6.45) is -0.664. The molecule has 2 aromatic rings. The number of imide groups is 1. The van der Waals surface area contributed by atoms with E-state index in [-0.39, 0.29) is 5.91 Å². The molecule has 0 fully saturated rings. The Bertz CT molecular complexity index is 822. The highest BCUT2D eigenvalue weighted by Crippen LogP contribution is 2.44. The minimum atomic E-state index is -0.686. The molecule has 2 amide bonds. The average Bonchev–Trinajstić information content (AvgIpc) is 2.85. The standard InChI is InChI=1S/C20H21NO4/c1-20(2,3)25-19(23)21-15-11-7-5-9-13(15)17(18(21)22)14-10-6-8-12-16(14)24-4/h5-12,17H,1-4H3. The van der Waals surface area contributed by atoms with Crippen molar-refractivity contribution >= 4 is 17.7 Å². The molecule has 0 bridgehead atoms. The highest BCUT2D eigenvalue weighted by atomic mass is 16.6. The van der Waals surface area contributed by atoms with E-state index in [1.54, 1.807) is 46.1 Å². The predicted octanol–water partition coefficient (Wildman–Crippen LogP) is 4.11. The van der Waals surface area contributed by atoms with Crippen LogP contribution in [0.1, 0.15) is 37.8 Å². The molecule has 25 heavy (non-hydrogen) atoms. The Morgan fingerprint density at radius 3 is 2.24 bits per heavy atom. The zero-order chi connectivity index (χ0) is 18.2. The number of hydrogen-bond acceptors (Lipinski definition) is 4. The summed E-state index contributed by atoms with van der Waals surface area (Å²) in [4.78, 5) is 26.9. The van der Waals surface area contributed by atoms with Gasteiger partial charge >= 0.3 is 6.09 Å². The average molecular weight is 339 g/mol. The zero-order valence-electron chi connectivity index (χ0n) is 14.8. The fourth-order valence-corrected chi connectivity index (χ4v) is 3.02. The number of fused-ring (bicyclic) bond motifs is 1. The van der Waals surface area contributed by atoms with Crippen molar-refractivity contribution in [2.24, 2.45) is 0 Å². The van der Waals surface area contributed by atoms with Crippen molar-refractivity contribution < 1.29 is 19.1 Å². The fraction of sp³-hybridized carbons (Fsp3) is 0.300. The molecule has 0 saturated carbocycles. The summed E-state index contributed by atoms with van der Waals surface area (Å²) >= 11 is 0. The highest BCUT2D eigenvalue weighted by Gasteiger charge is 2.44. The van der Waals surface area contributed by atoms with Gasteiger partial charge in [-0.2, -0.15) is 0 Å². The highest BCUT2D eigenvalue weighted by molar-refractivity contribution is 6.20. The molecule has 1 aliphatic rings. The minimum absolute atomic E-state index is 0.333. The van der Waals surface area contributed by atoms with Crippen LogP contribution in [0, 0.1) is 0 Å². The quantitative estimate of drug-likeness (QED) is 0.826. The SMILES string of the molecule is COc1ccccc1C1C(=O)N(C(=O)OC(C)(C)C)c2ccccc21. The molecule has 1 aliphatic heterocycles. The number of rotatable bonds is 2. The Kier molecular flexibility index (Phi) is 4.25. The van der Waals surface area contributed by atoms with Gasteiger partial charge in [0.1, 0.15) is 11.4 Å². The number of hydrogen-bond donors (Lipinski definition) is 0. The second-order valence-electron chi connectivity index (χ2n) is 6.89. The van der Waals surface area contributed by atoms with E-state index in [9.17, 15) is 9.59 Å². The third kappa shape index (κ3) is 3.09. The minimum Gasteiger partial charge on any atom is -0.496 e. The second-order valence-corrected chi connectivity index (χ2v) is 6.89. The third-order valence-electron chi connectivity index (χ3n) is 3.98. The van der Waals surface area contributed by atoms with Gasteiger partial charge in [-0.15, -0.1) is 0 Å². The topological polar surface area (TPSA) is 55.8 Å². The molecule has 3 rings (SSSR count). The molecule has 0 aromatic heterocycles. The van der Waals surface area contributed by atoms with Crippen LogP contribution in [-0.2, 0) is 9.53 Å². The first-order valence-corrected chi connectivity index (χ1v) is 8.12. The number of ether oxygens (including phenoxy) is 2. The van der Waals surface area contributed by atoms with Gasteiger partial charge in [0.15, 0.2) is 0 Å². The van der Waals surface area contributed by atoms with Crippen LogP contribution in [0.4, 0.5) is 10.5 Å². The van der Waals surface area contributed by atoms with Crippen LogP contribution < -0.4 is 9.64 Å². The van der Waals surface area contributed by atoms with Gasteiger partial charge in [0.2, 0.25) is 5.91 Å². The lowest BCUT2D eigenvalue weighted by atomic mass is 9.92. The van der Waals surface area contributed by atoms with Gasteiger partial charge in [-0.1, -0.05) is 36.4 Å². The molecular formula is C20H21NO4. The van der Waals surface area contributed by atoms with Crippen LogP contribution in [0.2, 0.25) is 0 Å². The number of benzene rings is 2. The molecule has 130 valence electrons. The molecule has 1 unspecified atom stereocenters. The smallest absolute Gasteiger partial charge is 0.421 e. The molecule has 1 atom stereocenters. The summed E-state index contributed by atoms with van der Waals surface area (Å²) in [6, 6.07) is 14.6. The summed E-state index contributed by atoms with van der Waals surface area (Å²) in [5.74, 6) is -0.318. The Morgan fingerprint density at radius 2 is 1.60 bits per heavy atom. The van der Waals surface area contributed by atoms with Crippen molar-refractivity contribution in [3.63, 3.8) is 0 Å². The molecule has 1 heterocycles. The van der Waals surface area contributed by atoms with E-state index < -0.39 is 17.6 Å². The number of nitrogens with zero attached hydrogens (tertiary/aromatic N) is 1. The maximum Gasteiger partial charge on any atom is 0.421 e. The molecule has 5 heteroatoms. The van der Waals surface area contributed by atoms with Crippen LogP contribution in [0.3, 0.4) is 0 Å². The van der Waals surface area contributed by atoms with Gasteiger partial charge in [0.05, 0.1) is 18.7 Å². The first-order valence-electron chi connectivity index (χ1n) is 8.12. The fourth-order valence-electron chi connectivity index (χ4n) is 3.02. The van der Waals surface area contributed by atoms with Crippen LogP contribution >= 0.6 is 0 Å². The van der Waals surface area contributed by atoms with Crippen LogP contribution in [0.15, 0.2) is 48.5 Å². The van der Waals surface area contributed by atoms with Crippen molar-refractivity contribution in [2.45, 2.75) is 32.3 Å². The Morgan fingerprint density at radius 1 is 1.00 bits per heavy atom. The van der Waals surface area contributed by atoms with Crippen LogP contribution in [-0.4, -0.2) is 24.7 Å². The molecular weight excluding hydrogens is 318 g/mol. The van der Waals surface area contributed by atoms with Crippen molar-refractivity contribution in [3.05, 3.63) is 59.7 Å². The summed E-state index contributed by atoms with van der Waals surface area (Å²) in [7, 11) is 1.57. The summed E-state index contributed by atoms with van der Waals surface area (Å²) < 4.78 is 10.8. The van der Waals surface area contributed by atoms with Gasteiger partial charge in [0.25, 0.3) is 0 Å². The maximum atomic E-state index is 13.1. The second kappa shape index (κ2) is 6.24. The molecule has 2 aromatic carbocycles. The van der Waals surface area contributed by atoms with Crippen molar-refractivity contribution in [1.82, 2.24) is 0 Å². The largest absolute Gasteiger partial charge is 0.496 e. The molecule has 0 N–H and O–H groups in total. The maximum absolute atomic E-state index is 13.1. The molecule has 0 saturated heterocycles. The Hall–Kier alpha value is -2.82. The first-order chi connectivity index (χ1) is 11.8. The number of carbonyl (C=O) groups excluding carboxylic acids is 2. The van der Waals surface area contributed by atoms with E-state index in [1.807, 2.05) is 30.3 Å². The third-order valence-corrected chi connectivity index (χ3v) is 3.98. The lowest BCUT2D eigenvalue weighted by Crippen LogP contribution is -2.39. The van der Waals surface area contributed by atoms with Crippen LogP contribution in [0.25, 0.3) is 0 Å². The van der Waals surface area contributed by atoms with E-state index in [0.717, 1.165) is 16.0 Å². The monoisotopic (exact) mass is 339 g/mol. The number of amides is 2. The summed E-state index contributed by atoms with van der Waals surface area (Å²) in [6.45, 7) is 5.32. The van der Waals surface area contributed by atoms with Gasteiger partial charge in [-0.05, 0) is 38.5 Å². The van der Waals surface area contributed by atoms with Gasteiger partial charge in [0, 0.05) is 5.56 Å². The summed E-state index contributed by atoms with van der Waals surface area (Å²) in [5.41, 5.74) is 1.36. The summed E-state index contributed by atoms with van der Waals surface area (Å²) in [5, 5.41) is 0. The Labute approximate surface area is 147 Å². The molecule has 0 radical (unpaired) electrons.